The van der Waals surface area contributed by atoms with Crippen molar-refractivity contribution in [1.82, 2.24) is 15.0 Å². The number of benzene rings is 1. The first kappa shape index (κ1) is 26.2. The maximum atomic E-state index is 11.7. The van der Waals surface area contributed by atoms with Gasteiger partial charge in [0.05, 0.1) is 19.0 Å². The number of anilines is 4. The molecule has 3 aromatic rings. The number of fused-ring (bicyclic) bond motifs is 1. The number of aromatic nitrogens is 3. The van der Waals surface area contributed by atoms with Crippen LogP contribution in [0.5, 0.6) is 0 Å². The molecule has 1 N–H and O–H groups in total. The third-order valence-corrected chi connectivity index (χ3v) is 8.97. The first-order valence-electron chi connectivity index (χ1n) is 13.7. The van der Waals surface area contributed by atoms with E-state index in [2.05, 4.69) is 52.1 Å². The van der Waals surface area contributed by atoms with Gasteiger partial charge in [0.2, 0.25) is 5.95 Å². The molecule has 10 nitrogen and oxygen atoms in total. The Morgan fingerprint density at radius 1 is 1.03 bits per heavy atom. The summed E-state index contributed by atoms with van der Waals surface area (Å²) in [5, 5.41) is 5.59. The van der Waals surface area contributed by atoms with Crippen LogP contribution in [0.2, 0.25) is 0 Å². The fourth-order valence-corrected chi connectivity index (χ4v) is 7.00. The van der Waals surface area contributed by atoms with E-state index in [0.717, 1.165) is 61.3 Å². The summed E-state index contributed by atoms with van der Waals surface area (Å²) in [6, 6.07) is 8.26. The largest absolute Gasteiger partial charge is 0.370 e. The van der Waals surface area contributed by atoms with Crippen LogP contribution in [0.1, 0.15) is 38.2 Å². The van der Waals surface area contributed by atoms with Crippen molar-refractivity contribution in [2.24, 2.45) is 5.92 Å². The number of hydrogen-bond acceptors (Lipinski definition) is 10. The Labute approximate surface area is 229 Å². The molecule has 2 aromatic heterocycles. The molecule has 5 heterocycles. The van der Waals surface area contributed by atoms with E-state index in [1.807, 2.05) is 12.3 Å². The molecule has 1 aromatic carbocycles. The van der Waals surface area contributed by atoms with E-state index in [1.165, 1.54) is 11.8 Å². The van der Waals surface area contributed by atoms with E-state index in [-0.39, 0.29) is 11.7 Å². The van der Waals surface area contributed by atoms with Gasteiger partial charge in [-0.1, -0.05) is 19.9 Å². The van der Waals surface area contributed by atoms with Gasteiger partial charge in [-0.05, 0) is 35.1 Å². The van der Waals surface area contributed by atoms with Crippen molar-refractivity contribution in [1.29, 1.82) is 0 Å². The normalized spacial score (nSPS) is 19.7. The van der Waals surface area contributed by atoms with E-state index >= 15 is 0 Å². The molecule has 6 rings (SSSR count). The highest BCUT2D eigenvalue weighted by atomic mass is 32.2. The van der Waals surface area contributed by atoms with Gasteiger partial charge in [-0.2, -0.15) is 4.98 Å². The average Bonchev–Trinajstić information content (AvgIpc) is 3.33. The standard InChI is InChI=1S/C28H36N6O4S/c1-19(2)21-4-5-24(34-16-20(17-34)18-39(3,35)36)23-15-30-26(14-22(21)23)31-25-6-9-29-27(32-25)33-10-7-28(8-11-33)37-12-13-38-28/h4-6,9,14-15,19-20H,7-8,10-13,16-18H2,1-3H3,(H,29,30,31,32). The average molecular weight is 553 g/mol. The van der Waals surface area contributed by atoms with E-state index in [0.29, 0.717) is 30.9 Å². The molecule has 0 bridgehead atoms. The fourth-order valence-electron chi connectivity index (χ4n) is 5.93. The van der Waals surface area contributed by atoms with Crippen molar-refractivity contribution < 1.29 is 17.9 Å². The topological polar surface area (TPSA) is 110 Å². The molecule has 11 heteroatoms. The number of ether oxygens (including phenoxy) is 2. The number of nitrogens with zero attached hydrogens (tertiary/aromatic N) is 5. The van der Waals surface area contributed by atoms with Crippen LogP contribution in [0.15, 0.2) is 36.7 Å². The summed E-state index contributed by atoms with van der Waals surface area (Å²) in [4.78, 5) is 18.4. The number of sulfone groups is 1. The highest BCUT2D eigenvalue weighted by Crippen LogP contribution is 2.37. The Balaban J connectivity index is 1.21. The fraction of sp³-hybridized carbons (Fsp3) is 0.536. The molecule has 3 aliphatic heterocycles. The summed E-state index contributed by atoms with van der Waals surface area (Å²) < 4.78 is 35.1. The van der Waals surface area contributed by atoms with Gasteiger partial charge in [-0.15, -0.1) is 0 Å². The molecule has 0 radical (unpaired) electrons. The van der Waals surface area contributed by atoms with Crippen molar-refractivity contribution in [3.63, 3.8) is 0 Å². The van der Waals surface area contributed by atoms with Gasteiger partial charge < -0.3 is 24.6 Å². The molecule has 3 saturated heterocycles. The summed E-state index contributed by atoms with van der Waals surface area (Å²) in [6.07, 6.45) is 6.59. The minimum Gasteiger partial charge on any atom is -0.370 e. The maximum absolute atomic E-state index is 11.7. The van der Waals surface area contributed by atoms with Crippen molar-refractivity contribution in [2.75, 3.05) is 66.5 Å². The molecule has 39 heavy (non-hydrogen) atoms. The van der Waals surface area contributed by atoms with Gasteiger partial charge >= 0.3 is 0 Å². The second kappa shape index (κ2) is 10.2. The van der Waals surface area contributed by atoms with Gasteiger partial charge in [0, 0.05) is 74.7 Å². The summed E-state index contributed by atoms with van der Waals surface area (Å²) in [7, 11) is -2.97. The first-order valence-corrected chi connectivity index (χ1v) is 15.7. The lowest BCUT2D eigenvalue weighted by molar-refractivity contribution is -0.169. The highest BCUT2D eigenvalue weighted by Gasteiger charge is 2.40. The van der Waals surface area contributed by atoms with Crippen LogP contribution in [0.3, 0.4) is 0 Å². The Kier molecular flexibility index (Phi) is 6.84. The zero-order valence-corrected chi connectivity index (χ0v) is 23.6. The number of pyridine rings is 1. The SMILES string of the molecule is CC(C)c1ccc(N2CC(CS(C)(=O)=O)C2)c2cnc(Nc3ccnc(N4CCC5(CC4)OCCO5)n3)cc12. The number of hydrogen-bond donors (Lipinski definition) is 1. The van der Waals surface area contributed by atoms with Crippen molar-refractivity contribution in [2.45, 2.75) is 38.4 Å². The van der Waals surface area contributed by atoms with Crippen LogP contribution in [-0.2, 0) is 19.3 Å². The first-order chi connectivity index (χ1) is 18.7. The van der Waals surface area contributed by atoms with Gasteiger partial charge in [-0.25, -0.2) is 18.4 Å². The van der Waals surface area contributed by atoms with Crippen LogP contribution in [-0.4, -0.2) is 80.6 Å². The molecule has 208 valence electrons. The molecular formula is C28H36N6O4S. The molecular weight excluding hydrogens is 516 g/mol. The molecule has 3 aliphatic rings. The lowest BCUT2D eigenvalue weighted by atomic mass is 9.93. The monoisotopic (exact) mass is 552 g/mol. The Morgan fingerprint density at radius 2 is 1.77 bits per heavy atom. The van der Waals surface area contributed by atoms with Crippen LogP contribution >= 0.6 is 0 Å². The van der Waals surface area contributed by atoms with Crippen LogP contribution < -0.4 is 15.1 Å². The predicted molar refractivity (Wildman–Crippen MR) is 153 cm³/mol. The zero-order valence-electron chi connectivity index (χ0n) is 22.8. The number of nitrogens with one attached hydrogen (secondary N) is 1. The van der Waals surface area contributed by atoms with E-state index in [9.17, 15) is 8.42 Å². The minimum atomic E-state index is -2.97. The lowest BCUT2D eigenvalue weighted by Gasteiger charge is -2.41. The molecule has 0 unspecified atom stereocenters. The second-order valence-electron chi connectivity index (χ2n) is 11.3. The molecule has 0 aliphatic carbocycles. The van der Waals surface area contributed by atoms with Gasteiger partial charge in [0.15, 0.2) is 5.79 Å². The summed E-state index contributed by atoms with van der Waals surface area (Å²) in [5.74, 6) is 2.40. The minimum absolute atomic E-state index is 0.171. The van der Waals surface area contributed by atoms with Gasteiger partial charge in [0.25, 0.3) is 0 Å². The molecule has 1 spiro atoms. The molecule has 3 fully saturated rings. The highest BCUT2D eigenvalue weighted by molar-refractivity contribution is 7.90. The maximum Gasteiger partial charge on any atom is 0.227 e. The Hall–Kier alpha value is -3.02. The van der Waals surface area contributed by atoms with E-state index in [1.54, 1.807) is 6.20 Å². The summed E-state index contributed by atoms with van der Waals surface area (Å²) >= 11 is 0. The van der Waals surface area contributed by atoms with Gasteiger partial charge in [0.1, 0.15) is 21.5 Å². The number of piperidine rings is 1. The third-order valence-electron chi connectivity index (χ3n) is 7.89. The van der Waals surface area contributed by atoms with Gasteiger partial charge in [-0.3, -0.25) is 0 Å². The zero-order chi connectivity index (χ0) is 27.2. The lowest BCUT2D eigenvalue weighted by Crippen LogP contribution is -2.49. The van der Waals surface area contributed by atoms with Crippen molar-refractivity contribution in [3.8, 4) is 0 Å². The quantitative estimate of drug-likeness (QED) is 0.466. The van der Waals surface area contributed by atoms with Crippen molar-refractivity contribution >= 4 is 43.9 Å². The molecule has 0 saturated carbocycles. The van der Waals surface area contributed by atoms with Crippen LogP contribution in [0.25, 0.3) is 10.8 Å². The summed E-state index contributed by atoms with van der Waals surface area (Å²) in [5.41, 5.74) is 2.34. The van der Waals surface area contributed by atoms with Crippen LogP contribution in [0.4, 0.5) is 23.3 Å². The molecule has 0 atom stereocenters. The van der Waals surface area contributed by atoms with Crippen LogP contribution in [0, 0.1) is 5.92 Å². The second-order valence-corrected chi connectivity index (χ2v) is 13.5. The molecule has 0 amide bonds. The Morgan fingerprint density at radius 3 is 2.46 bits per heavy atom. The van der Waals surface area contributed by atoms with E-state index < -0.39 is 15.6 Å². The predicted octanol–water partition coefficient (Wildman–Crippen LogP) is 3.72. The third kappa shape index (κ3) is 5.53. The smallest absolute Gasteiger partial charge is 0.227 e. The Bertz CT molecular complexity index is 1460. The van der Waals surface area contributed by atoms with Crippen molar-refractivity contribution in [3.05, 3.63) is 42.2 Å². The number of rotatable bonds is 7. The van der Waals surface area contributed by atoms with E-state index in [4.69, 9.17) is 19.4 Å². The summed E-state index contributed by atoms with van der Waals surface area (Å²) in [6.45, 7) is 8.74.